The minimum absolute atomic E-state index is 0.000322. The van der Waals surface area contributed by atoms with Crippen molar-refractivity contribution in [3.05, 3.63) is 59.7 Å². The number of amides is 1. The molecule has 29 heavy (non-hydrogen) atoms. The first-order chi connectivity index (χ1) is 14.1. The summed E-state index contributed by atoms with van der Waals surface area (Å²) in [6.45, 7) is 0.960. The lowest BCUT2D eigenvalue weighted by atomic mass is 9.82. The molecule has 0 bridgehead atoms. The van der Waals surface area contributed by atoms with E-state index >= 15 is 0 Å². The van der Waals surface area contributed by atoms with Crippen molar-refractivity contribution in [1.29, 1.82) is 0 Å². The normalized spacial score (nSPS) is 20.3. The molecule has 2 aromatic carbocycles. The highest BCUT2D eigenvalue weighted by molar-refractivity contribution is 6.16. The maximum Gasteiger partial charge on any atom is 0.248 e. The summed E-state index contributed by atoms with van der Waals surface area (Å²) in [5.41, 5.74) is 3.70. The molecule has 0 aromatic heterocycles. The zero-order valence-electron chi connectivity index (χ0n) is 16.0. The number of rotatable bonds is 4. The Morgan fingerprint density at radius 3 is 2.14 bits per heavy atom. The molecule has 7 heteroatoms. The predicted molar refractivity (Wildman–Crippen MR) is 107 cm³/mol. The maximum atomic E-state index is 13.0. The smallest absolute Gasteiger partial charge is 0.248 e. The molecule has 1 saturated heterocycles. The first kappa shape index (κ1) is 19.4. The van der Waals surface area contributed by atoms with E-state index in [4.69, 9.17) is 9.47 Å². The molecule has 3 N–H and O–H groups in total. The SMILES string of the molecule is O=C(NN=C(c1ccccc1O)c1ccccc1O)C1CCCCC12OCCO2. The summed E-state index contributed by atoms with van der Waals surface area (Å²) in [5.74, 6) is -1.63. The second-order valence-corrected chi connectivity index (χ2v) is 7.28. The summed E-state index contributed by atoms with van der Waals surface area (Å²) in [7, 11) is 0. The van der Waals surface area contributed by atoms with Crippen LogP contribution in [0.5, 0.6) is 11.5 Å². The Morgan fingerprint density at radius 1 is 0.966 bits per heavy atom. The van der Waals surface area contributed by atoms with Crippen LogP contribution in [0.4, 0.5) is 0 Å². The second-order valence-electron chi connectivity index (χ2n) is 7.28. The molecule has 1 saturated carbocycles. The van der Waals surface area contributed by atoms with Gasteiger partial charge in [0.25, 0.3) is 0 Å². The third kappa shape index (κ3) is 3.83. The summed E-state index contributed by atoms with van der Waals surface area (Å²) in [6, 6.07) is 13.3. The highest BCUT2D eigenvalue weighted by atomic mass is 16.7. The fourth-order valence-corrected chi connectivity index (χ4v) is 4.06. The van der Waals surface area contributed by atoms with Gasteiger partial charge in [0, 0.05) is 17.5 Å². The van der Waals surface area contributed by atoms with E-state index in [0.29, 0.717) is 37.2 Å². The minimum atomic E-state index is -0.873. The van der Waals surface area contributed by atoms with Crippen molar-refractivity contribution in [3.8, 4) is 11.5 Å². The Morgan fingerprint density at radius 2 is 1.55 bits per heavy atom. The van der Waals surface area contributed by atoms with Gasteiger partial charge in [-0.2, -0.15) is 5.10 Å². The van der Waals surface area contributed by atoms with Gasteiger partial charge in [0.15, 0.2) is 5.79 Å². The highest BCUT2D eigenvalue weighted by Gasteiger charge is 2.49. The van der Waals surface area contributed by atoms with Gasteiger partial charge in [-0.05, 0) is 37.1 Å². The molecule has 7 nitrogen and oxygen atoms in total. The number of nitrogens with zero attached hydrogens (tertiary/aromatic N) is 1. The van der Waals surface area contributed by atoms with Crippen LogP contribution in [0, 0.1) is 5.92 Å². The lowest BCUT2D eigenvalue weighted by molar-refractivity contribution is -0.212. The van der Waals surface area contributed by atoms with Gasteiger partial charge < -0.3 is 19.7 Å². The maximum absolute atomic E-state index is 13.0. The van der Waals surface area contributed by atoms with E-state index in [2.05, 4.69) is 10.5 Å². The van der Waals surface area contributed by atoms with Gasteiger partial charge >= 0.3 is 0 Å². The number of para-hydroxylation sites is 2. The van der Waals surface area contributed by atoms with E-state index in [1.165, 1.54) is 12.1 Å². The number of nitrogens with one attached hydrogen (secondary N) is 1. The van der Waals surface area contributed by atoms with E-state index in [0.717, 1.165) is 12.8 Å². The molecule has 152 valence electrons. The van der Waals surface area contributed by atoms with E-state index in [1.54, 1.807) is 36.4 Å². The Kier molecular flexibility index (Phi) is 5.51. The first-order valence-electron chi connectivity index (χ1n) is 9.83. The topological polar surface area (TPSA) is 100 Å². The highest BCUT2D eigenvalue weighted by Crippen LogP contribution is 2.40. The Balaban J connectivity index is 1.66. The molecule has 1 aliphatic carbocycles. The number of phenols is 2. The van der Waals surface area contributed by atoms with E-state index in [-0.39, 0.29) is 23.1 Å². The number of hydrogen-bond acceptors (Lipinski definition) is 6. The fraction of sp³-hybridized carbons (Fsp3) is 0.364. The van der Waals surface area contributed by atoms with Crippen LogP contribution in [-0.4, -0.2) is 40.8 Å². The van der Waals surface area contributed by atoms with Crippen LogP contribution in [0.25, 0.3) is 0 Å². The monoisotopic (exact) mass is 396 g/mol. The second kappa shape index (κ2) is 8.23. The van der Waals surface area contributed by atoms with Crippen LogP contribution in [0.1, 0.15) is 36.8 Å². The van der Waals surface area contributed by atoms with Crippen molar-refractivity contribution in [1.82, 2.24) is 5.43 Å². The minimum Gasteiger partial charge on any atom is -0.507 e. The van der Waals surface area contributed by atoms with Crippen LogP contribution < -0.4 is 5.43 Å². The molecule has 4 rings (SSSR count). The molecule has 2 aromatic rings. The number of ether oxygens (including phenoxy) is 2. The Hall–Kier alpha value is -2.90. The van der Waals surface area contributed by atoms with Crippen LogP contribution >= 0.6 is 0 Å². The molecular weight excluding hydrogens is 372 g/mol. The molecule has 1 amide bonds. The van der Waals surface area contributed by atoms with Gasteiger partial charge in [0.1, 0.15) is 17.2 Å². The van der Waals surface area contributed by atoms with Gasteiger partial charge in [-0.3, -0.25) is 4.79 Å². The lowest BCUT2D eigenvalue weighted by Crippen LogP contribution is -2.49. The molecule has 0 radical (unpaired) electrons. The predicted octanol–water partition coefficient (Wildman–Crippen LogP) is 2.90. The van der Waals surface area contributed by atoms with Crippen molar-refractivity contribution >= 4 is 11.6 Å². The third-order valence-electron chi connectivity index (χ3n) is 5.49. The molecule has 2 fully saturated rings. The van der Waals surface area contributed by atoms with Crippen LogP contribution in [0.3, 0.4) is 0 Å². The molecule has 1 atom stereocenters. The van der Waals surface area contributed by atoms with Crippen LogP contribution in [0.15, 0.2) is 53.6 Å². The Bertz CT molecular complexity index is 873. The number of phenolic OH excluding ortho intramolecular Hbond substituents is 2. The number of hydrogen-bond donors (Lipinski definition) is 3. The summed E-state index contributed by atoms with van der Waals surface area (Å²) >= 11 is 0. The average Bonchev–Trinajstić information content (AvgIpc) is 3.19. The van der Waals surface area contributed by atoms with Crippen molar-refractivity contribution in [2.45, 2.75) is 31.5 Å². The number of aromatic hydroxyl groups is 2. The van der Waals surface area contributed by atoms with Crippen molar-refractivity contribution in [2.24, 2.45) is 11.0 Å². The van der Waals surface area contributed by atoms with E-state index < -0.39 is 11.7 Å². The number of carbonyl (C=O) groups is 1. The molecule has 1 aliphatic heterocycles. The van der Waals surface area contributed by atoms with Gasteiger partial charge in [-0.25, -0.2) is 5.43 Å². The quantitative estimate of drug-likeness (QED) is 0.545. The van der Waals surface area contributed by atoms with Gasteiger partial charge in [0.2, 0.25) is 5.91 Å². The molecule has 1 heterocycles. The lowest BCUT2D eigenvalue weighted by Gasteiger charge is -2.37. The first-order valence-corrected chi connectivity index (χ1v) is 9.83. The molecule has 1 spiro atoms. The van der Waals surface area contributed by atoms with Gasteiger partial charge in [0.05, 0.1) is 19.1 Å². The van der Waals surface area contributed by atoms with Gasteiger partial charge in [-0.1, -0.05) is 30.7 Å². The fourth-order valence-electron chi connectivity index (χ4n) is 4.06. The van der Waals surface area contributed by atoms with Crippen molar-refractivity contribution in [3.63, 3.8) is 0 Å². The largest absolute Gasteiger partial charge is 0.507 e. The number of benzene rings is 2. The standard InChI is InChI=1S/C22H24N2O5/c25-18-10-3-1-7-15(18)20(16-8-2-4-11-19(16)26)23-24-21(27)17-9-5-6-12-22(17)28-13-14-29-22/h1-4,7-8,10-11,17,25-26H,5-6,9,12-14H2,(H,24,27). The summed E-state index contributed by atoms with van der Waals surface area (Å²) in [4.78, 5) is 13.0. The van der Waals surface area contributed by atoms with Gasteiger partial charge in [-0.15, -0.1) is 0 Å². The zero-order chi connectivity index (χ0) is 20.3. The summed E-state index contributed by atoms with van der Waals surface area (Å²) in [5, 5.41) is 24.9. The zero-order valence-corrected chi connectivity index (χ0v) is 16.0. The van der Waals surface area contributed by atoms with Crippen molar-refractivity contribution in [2.75, 3.05) is 13.2 Å². The van der Waals surface area contributed by atoms with E-state index in [9.17, 15) is 15.0 Å². The summed E-state index contributed by atoms with van der Waals surface area (Å²) in [6.07, 6.45) is 3.21. The average molecular weight is 396 g/mol. The summed E-state index contributed by atoms with van der Waals surface area (Å²) < 4.78 is 11.6. The molecule has 2 aliphatic rings. The van der Waals surface area contributed by atoms with Crippen LogP contribution in [0.2, 0.25) is 0 Å². The third-order valence-corrected chi connectivity index (χ3v) is 5.49. The number of hydrazone groups is 1. The van der Waals surface area contributed by atoms with E-state index in [1.807, 2.05) is 0 Å². The molecule has 1 unspecified atom stereocenters. The molecular formula is C22H24N2O5. The van der Waals surface area contributed by atoms with Crippen molar-refractivity contribution < 1.29 is 24.5 Å². The van der Waals surface area contributed by atoms with Crippen LogP contribution in [-0.2, 0) is 14.3 Å². The Labute approximate surface area is 169 Å². The number of carbonyl (C=O) groups excluding carboxylic acids is 1.